The lowest BCUT2D eigenvalue weighted by molar-refractivity contribution is -0.122. The van der Waals surface area contributed by atoms with Crippen LogP contribution >= 0.6 is 0 Å². The van der Waals surface area contributed by atoms with Gasteiger partial charge in [-0.25, -0.2) is 4.98 Å². The van der Waals surface area contributed by atoms with Crippen molar-refractivity contribution >= 4 is 5.91 Å². The monoisotopic (exact) mass is 264 g/mol. The van der Waals surface area contributed by atoms with E-state index in [1.807, 2.05) is 19.4 Å². The minimum atomic E-state index is -0.179. The van der Waals surface area contributed by atoms with Gasteiger partial charge in [-0.2, -0.15) is 0 Å². The standard InChI is InChI=1S/C14H24N4O/c1-10(2)6-17-14(19)11(3)16-8-13-7-15-9-18(13)12-4-5-12/h7,9-12,16H,4-6,8H2,1-3H3,(H,17,19). The van der Waals surface area contributed by atoms with E-state index in [2.05, 4.69) is 34.0 Å². The van der Waals surface area contributed by atoms with Gasteiger partial charge in [-0.1, -0.05) is 13.8 Å². The molecular weight excluding hydrogens is 240 g/mol. The molecule has 5 nitrogen and oxygen atoms in total. The molecule has 0 radical (unpaired) electrons. The number of carbonyl (C=O) groups is 1. The molecule has 1 aliphatic carbocycles. The fourth-order valence-electron chi connectivity index (χ4n) is 1.96. The molecule has 0 aliphatic heterocycles. The molecule has 19 heavy (non-hydrogen) atoms. The number of amides is 1. The summed E-state index contributed by atoms with van der Waals surface area (Å²) in [5.41, 5.74) is 1.16. The third-order valence-electron chi connectivity index (χ3n) is 3.35. The molecule has 1 aromatic rings. The van der Waals surface area contributed by atoms with Crippen molar-refractivity contribution in [2.45, 2.75) is 52.2 Å². The van der Waals surface area contributed by atoms with E-state index in [0.29, 0.717) is 18.5 Å². The van der Waals surface area contributed by atoms with Crippen molar-refractivity contribution in [2.75, 3.05) is 6.54 Å². The minimum Gasteiger partial charge on any atom is -0.354 e. The molecule has 106 valence electrons. The fourth-order valence-corrected chi connectivity index (χ4v) is 1.96. The lowest BCUT2D eigenvalue weighted by atomic mass is 10.2. The number of nitrogens with zero attached hydrogens (tertiary/aromatic N) is 2. The van der Waals surface area contributed by atoms with Gasteiger partial charge in [0.2, 0.25) is 5.91 Å². The lowest BCUT2D eigenvalue weighted by Crippen LogP contribution is -2.43. The Labute approximate surface area is 114 Å². The Bertz CT molecular complexity index is 423. The van der Waals surface area contributed by atoms with E-state index in [1.54, 1.807) is 0 Å². The Balaban J connectivity index is 1.77. The van der Waals surface area contributed by atoms with Crippen LogP contribution in [0.3, 0.4) is 0 Å². The van der Waals surface area contributed by atoms with Gasteiger partial charge in [0, 0.05) is 25.3 Å². The summed E-state index contributed by atoms with van der Waals surface area (Å²) in [7, 11) is 0. The van der Waals surface area contributed by atoms with Crippen LogP contribution in [0.5, 0.6) is 0 Å². The average molecular weight is 264 g/mol. The Morgan fingerprint density at radius 3 is 2.84 bits per heavy atom. The molecule has 1 saturated carbocycles. The molecule has 1 aromatic heterocycles. The number of nitrogens with one attached hydrogen (secondary N) is 2. The highest BCUT2D eigenvalue weighted by Gasteiger charge is 2.25. The van der Waals surface area contributed by atoms with Crippen LogP contribution in [0.2, 0.25) is 0 Å². The minimum absolute atomic E-state index is 0.0613. The quantitative estimate of drug-likeness (QED) is 0.784. The van der Waals surface area contributed by atoms with E-state index in [9.17, 15) is 4.79 Å². The molecule has 1 unspecified atom stereocenters. The topological polar surface area (TPSA) is 59.0 Å². The number of aromatic nitrogens is 2. The first-order valence-corrected chi connectivity index (χ1v) is 7.09. The average Bonchev–Trinajstić information content (AvgIpc) is 3.12. The predicted molar refractivity (Wildman–Crippen MR) is 74.6 cm³/mol. The van der Waals surface area contributed by atoms with Gasteiger partial charge < -0.3 is 15.2 Å². The smallest absolute Gasteiger partial charge is 0.236 e. The maximum atomic E-state index is 11.8. The molecule has 0 aromatic carbocycles. The Morgan fingerprint density at radius 1 is 1.47 bits per heavy atom. The third kappa shape index (κ3) is 4.06. The zero-order valence-electron chi connectivity index (χ0n) is 12.0. The van der Waals surface area contributed by atoms with Crippen LogP contribution in [0, 0.1) is 5.92 Å². The van der Waals surface area contributed by atoms with Crippen molar-refractivity contribution in [1.29, 1.82) is 0 Å². The summed E-state index contributed by atoms with van der Waals surface area (Å²) < 4.78 is 2.21. The molecule has 2 N–H and O–H groups in total. The molecule has 0 spiro atoms. The second kappa shape index (κ2) is 6.19. The van der Waals surface area contributed by atoms with Gasteiger partial charge >= 0.3 is 0 Å². The van der Waals surface area contributed by atoms with Crippen LogP contribution in [0.4, 0.5) is 0 Å². The van der Waals surface area contributed by atoms with Crippen LogP contribution < -0.4 is 10.6 Å². The number of carbonyl (C=O) groups excluding carboxylic acids is 1. The summed E-state index contributed by atoms with van der Waals surface area (Å²) >= 11 is 0. The van der Waals surface area contributed by atoms with Crippen LogP contribution in [0.15, 0.2) is 12.5 Å². The van der Waals surface area contributed by atoms with E-state index < -0.39 is 0 Å². The number of rotatable bonds is 7. The molecule has 1 aliphatic rings. The van der Waals surface area contributed by atoms with Crippen molar-refractivity contribution in [2.24, 2.45) is 5.92 Å². The normalized spacial score (nSPS) is 16.6. The fraction of sp³-hybridized carbons (Fsp3) is 0.714. The van der Waals surface area contributed by atoms with Gasteiger partial charge in [0.05, 0.1) is 18.1 Å². The molecule has 0 saturated heterocycles. The van der Waals surface area contributed by atoms with Crippen molar-refractivity contribution in [3.63, 3.8) is 0 Å². The summed E-state index contributed by atoms with van der Waals surface area (Å²) in [6.07, 6.45) is 6.25. The van der Waals surface area contributed by atoms with Crippen LogP contribution in [0.1, 0.15) is 45.3 Å². The van der Waals surface area contributed by atoms with Gasteiger partial charge in [0.25, 0.3) is 0 Å². The second-order valence-electron chi connectivity index (χ2n) is 5.77. The largest absolute Gasteiger partial charge is 0.354 e. The van der Waals surface area contributed by atoms with E-state index in [1.165, 1.54) is 12.8 Å². The molecule has 2 rings (SSSR count). The summed E-state index contributed by atoms with van der Waals surface area (Å²) in [6, 6.07) is 0.450. The number of imidazole rings is 1. The SMILES string of the molecule is CC(C)CNC(=O)C(C)NCc1cncn1C1CC1. The van der Waals surface area contributed by atoms with E-state index in [-0.39, 0.29) is 11.9 Å². The number of hydrogen-bond acceptors (Lipinski definition) is 3. The molecule has 5 heteroatoms. The van der Waals surface area contributed by atoms with Crippen molar-refractivity contribution in [3.05, 3.63) is 18.2 Å². The van der Waals surface area contributed by atoms with Crippen molar-refractivity contribution in [3.8, 4) is 0 Å². The van der Waals surface area contributed by atoms with Gasteiger partial charge in [-0.05, 0) is 25.7 Å². The van der Waals surface area contributed by atoms with E-state index >= 15 is 0 Å². The highest BCUT2D eigenvalue weighted by atomic mass is 16.2. The van der Waals surface area contributed by atoms with Gasteiger partial charge in [-0.15, -0.1) is 0 Å². The summed E-state index contributed by atoms with van der Waals surface area (Å²) in [6.45, 7) is 7.49. The maximum absolute atomic E-state index is 11.8. The zero-order chi connectivity index (χ0) is 13.8. The van der Waals surface area contributed by atoms with E-state index in [4.69, 9.17) is 0 Å². The Morgan fingerprint density at radius 2 is 2.21 bits per heavy atom. The molecule has 1 atom stereocenters. The second-order valence-corrected chi connectivity index (χ2v) is 5.77. The molecular formula is C14H24N4O. The van der Waals surface area contributed by atoms with Crippen LogP contribution in [-0.2, 0) is 11.3 Å². The zero-order valence-corrected chi connectivity index (χ0v) is 12.0. The van der Waals surface area contributed by atoms with Gasteiger partial charge in [0.15, 0.2) is 0 Å². The predicted octanol–water partition coefficient (Wildman–Crippen LogP) is 1.47. The first-order valence-electron chi connectivity index (χ1n) is 7.09. The first kappa shape index (κ1) is 14.1. The van der Waals surface area contributed by atoms with Crippen molar-refractivity contribution < 1.29 is 4.79 Å². The summed E-state index contributed by atoms with van der Waals surface area (Å²) in [5, 5.41) is 6.20. The van der Waals surface area contributed by atoms with Gasteiger partial charge in [-0.3, -0.25) is 4.79 Å². The van der Waals surface area contributed by atoms with Gasteiger partial charge in [0.1, 0.15) is 0 Å². The molecule has 0 bridgehead atoms. The molecule has 1 heterocycles. The lowest BCUT2D eigenvalue weighted by Gasteiger charge is -2.15. The Hall–Kier alpha value is -1.36. The third-order valence-corrected chi connectivity index (χ3v) is 3.35. The highest BCUT2D eigenvalue weighted by Crippen LogP contribution is 2.35. The van der Waals surface area contributed by atoms with Crippen molar-refractivity contribution in [1.82, 2.24) is 20.2 Å². The number of hydrogen-bond donors (Lipinski definition) is 2. The maximum Gasteiger partial charge on any atom is 0.236 e. The van der Waals surface area contributed by atoms with E-state index in [0.717, 1.165) is 12.2 Å². The Kier molecular flexibility index (Phi) is 4.58. The highest BCUT2D eigenvalue weighted by molar-refractivity contribution is 5.81. The van der Waals surface area contributed by atoms with Crippen LogP contribution in [0.25, 0.3) is 0 Å². The molecule has 1 fully saturated rings. The summed E-state index contributed by atoms with van der Waals surface area (Å²) in [4.78, 5) is 16.0. The summed E-state index contributed by atoms with van der Waals surface area (Å²) in [5.74, 6) is 0.540. The van der Waals surface area contributed by atoms with Crippen LogP contribution in [-0.4, -0.2) is 28.0 Å². The molecule has 1 amide bonds. The first-order chi connectivity index (χ1) is 9.08.